The maximum Gasteiger partial charge on any atom is 0.269 e. The zero-order chi connectivity index (χ0) is 15.9. The molecule has 0 bridgehead atoms. The Morgan fingerprint density at radius 1 is 1.23 bits per heavy atom. The van der Waals surface area contributed by atoms with Gasteiger partial charge in [0.2, 0.25) is 0 Å². The first-order chi connectivity index (χ1) is 10.6. The number of non-ortho nitro benzene ring substituents is 1. The van der Waals surface area contributed by atoms with Crippen LogP contribution < -0.4 is 4.90 Å². The Bertz CT molecular complexity index is 667. The first-order valence-corrected chi connectivity index (χ1v) is 6.72. The summed E-state index contributed by atoms with van der Waals surface area (Å²) >= 11 is 0. The zero-order valence-electron chi connectivity index (χ0n) is 12.5. The molecule has 6 nitrogen and oxygen atoms in total. The quantitative estimate of drug-likeness (QED) is 0.466. The Hall–Kier alpha value is -2.89. The molecule has 6 heteroatoms. The van der Waals surface area contributed by atoms with E-state index < -0.39 is 4.92 Å². The minimum absolute atomic E-state index is 0.0457. The first kappa shape index (κ1) is 15.5. The molecule has 0 heterocycles. The van der Waals surface area contributed by atoms with Gasteiger partial charge in [-0.3, -0.25) is 10.1 Å². The van der Waals surface area contributed by atoms with Gasteiger partial charge in [-0.25, -0.2) is 0 Å². The lowest BCUT2D eigenvalue weighted by Crippen LogP contribution is -2.08. The molecule has 114 valence electrons. The molecule has 0 unspecified atom stereocenters. The van der Waals surface area contributed by atoms with Gasteiger partial charge in [0.05, 0.1) is 11.1 Å². The predicted octanol–water partition coefficient (Wildman–Crippen LogP) is 3.21. The van der Waals surface area contributed by atoms with Gasteiger partial charge in [-0.05, 0) is 23.3 Å². The molecule has 0 atom stereocenters. The Morgan fingerprint density at radius 3 is 2.59 bits per heavy atom. The van der Waals surface area contributed by atoms with Crippen LogP contribution in [0.5, 0.6) is 0 Å². The van der Waals surface area contributed by atoms with E-state index in [0.717, 1.165) is 11.3 Å². The normalized spacial score (nSPS) is 10.6. The summed E-state index contributed by atoms with van der Waals surface area (Å²) in [4.78, 5) is 17.4. The number of benzene rings is 2. The number of oxime groups is 1. The smallest absolute Gasteiger partial charge is 0.269 e. The second kappa shape index (κ2) is 7.21. The molecule has 22 heavy (non-hydrogen) atoms. The van der Waals surface area contributed by atoms with E-state index in [1.807, 2.05) is 43.3 Å². The molecule has 2 aromatic rings. The highest BCUT2D eigenvalue weighted by Crippen LogP contribution is 2.14. The second-order valence-electron chi connectivity index (χ2n) is 4.92. The minimum Gasteiger partial charge on any atom is -0.391 e. The van der Waals surface area contributed by atoms with Gasteiger partial charge in [-0.1, -0.05) is 29.4 Å². The molecule has 2 aromatic carbocycles. The van der Waals surface area contributed by atoms with Crippen molar-refractivity contribution in [1.82, 2.24) is 0 Å². The minimum atomic E-state index is -0.431. The van der Waals surface area contributed by atoms with Crippen LogP contribution in [0.4, 0.5) is 11.4 Å². The Kier molecular flexibility index (Phi) is 5.08. The van der Waals surface area contributed by atoms with Crippen molar-refractivity contribution in [2.24, 2.45) is 5.16 Å². The first-order valence-electron chi connectivity index (χ1n) is 6.72. The van der Waals surface area contributed by atoms with Gasteiger partial charge in [0, 0.05) is 31.9 Å². The fraction of sp³-hybridized carbons (Fsp3) is 0.188. The van der Waals surface area contributed by atoms with Gasteiger partial charge in [0.15, 0.2) is 0 Å². The highest BCUT2D eigenvalue weighted by Gasteiger charge is 2.05. The molecule has 0 aliphatic carbocycles. The van der Waals surface area contributed by atoms with Crippen LogP contribution in [0.2, 0.25) is 0 Å². The van der Waals surface area contributed by atoms with Gasteiger partial charge >= 0.3 is 0 Å². The lowest BCUT2D eigenvalue weighted by Gasteiger charge is -2.11. The van der Waals surface area contributed by atoms with Crippen LogP contribution >= 0.6 is 0 Å². The number of nitrogens with zero attached hydrogens (tertiary/aromatic N) is 3. The van der Waals surface area contributed by atoms with Crippen molar-refractivity contribution >= 4 is 17.6 Å². The van der Waals surface area contributed by atoms with Gasteiger partial charge in [0.1, 0.15) is 6.61 Å². The van der Waals surface area contributed by atoms with E-state index in [-0.39, 0.29) is 12.3 Å². The van der Waals surface area contributed by atoms with Crippen LogP contribution in [-0.2, 0) is 11.4 Å². The fourth-order valence-corrected chi connectivity index (χ4v) is 1.83. The van der Waals surface area contributed by atoms with Crippen LogP contribution in [0, 0.1) is 10.1 Å². The third-order valence-corrected chi connectivity index (χ3v) is 3.04. The van der Waals surface area contributed by atoms with Crippen LogP contribution in [0.15, 0.2) is 53.7 Å². The van der Waals surface area contributed by atoms with E-state index >= 15 is 0 Å². The van der Waals surface area contributed by atoms with Gasteiger partial charge in [0.25, 0.3) is 5.69 Å². The summed E-state index contributed by atoms with van der Waals surface area (Å²) in [5, 5.41) is 14.6. The van der Waals surface area contributed by atoms with E-state index in [2.05, 4.69) is 5.16 Å². The van der Waals surface area contributed by atoms with Crippen molar-refractivity contribution in [3.8, 4) is 0 Å². The lowest BCUT2D eigenvalue weighted by atomic mass is 10.2. The molecule has 0 N–H and O–H groups in total. The van der Waals surface area contributed by atoms with E-state index in [4.69, 9.17) is 4.84 Å². The molecular weight excluding hydrogens is 282 g/mol. The Labute approximate surface area is 128 Å². The molecule has 0 spiro atoms. The predicted molar refractivity (Wildman–Crippen MR) is 86.2 cm³/mol. The number of anilines is 1. The molecule has 0 saturated carbocycles. The summed E-state index contributed by atoms with van der Waals surface area (Å²) in [5.41, 5.74) is 2.78. The van der Waals surface area contributed by atoms with Crippen LogP contribution in [-0.4, -0.2) is 25.2 Å². The van der Waals surface area contributed by atoms with Crippen molar-refractivity contribution in [3.05, 3.63) is 69.8 Å². The maximum absolute atomic E-state index is 10.7. The highest BCUT2D eigenvalue weighted by atomic mass is 16.6. The number of hydrogen-bond donors (Lipinski definition) is 0. The second-order valence-corrected chi connectivity index (χ2v) is 4.92. The van der Waals surface area contributed by atoms with Crippen molar-refractivity contribution in [1.29, 1.82) is 0 Å². The summed E-state index contributed by atoms with van der Waals surface area (Å²) in [7, 11) is 3.95. The standard InChI is InChI=1S/C16H17N3O3/c1-18(2)15-8-6-13(7-9-15)11-17-22-12-14-4-3-5-16(10-14)19(20)21/h3-11H,12H2,1-2H3/b17-11-. The fourth-order valence-electron chi connectivity index (χ4n) is 1.83. The average molecular weight is 299 g/mol. The average Bonchev–Trinajstić information content (AvgIpc) is 2.52. The van der Waals surface area contributed by atoms with Gasteiger partial charge < -0.3 is 9.74 Å². The van der Waals surface area contributed by atoms with E-state index in [0.29, 0.717) is 5.56 Å². The number of nitro groups is 1. The summed E-state index contributed by atoms with van der Waals surface area (Å²) < 4.78 is 0. The maximum atomic E-state index is 10.7. The number of rotatable bonds is 6. The lowest BCUT2D eigenvalue weighted by molar-refractivity contribution is -0.384. The molecule has 0 saturated heterocycles. The van der Waals surface area contributed by atoms with Crippen LogP contribution in [0.25, 0.3) is 0 Å². The van der Waals surface area contributed by atoms with Crippen molar-refractivity contribution in [2.45, 2.75) is 6.61 Å². The van der Waals surface area contributed by atoms with E-state index in [1.54, 1.807) is 18.3 Å². The van der Waals surface area contributed by atoms with Crippen LogP contribution in [0.1, 0.15) is 11.1 Å². The van der Waals surface area contributed by atoms with Gasteiger partial charge in [-0.15, -0.1) is 0 Å². The molecule has 0 aliphatic rings. The van der Waals surface area contributed by atoms with Crippen molar-refractivity contribution in [3.63, 3.8) is 0 Å². The molecule has 0 radical (unpaired) electrons. The molecule has 0 fully saturated rings. The Balaban J connectivity index is 1.90. The summed E-state index contributed by atoms with van der Waals surface area (Å²) in [5.74, 6) is 0. The van der Waals surface area contributed by atoms with E-state index in [1.165, 1.54) is 12.1 Å². The molecule has 0 aliphatic heterocycles. The number of nitro benzene ring substituents is 1. The molecule has 0 aromatic heterocycles. The van der Waals surface area contributed by atoms with E-state index in [9.17, 15) is 10.1 Å². The molecule has 2 rings (SSSR count). The highest BCUT2D eigenvalue weighted by molar-refractivity contribution is 5.79. The third kappa shape index (κ3) is 4.31. The monoisotopic (exact) mass is 299 g/mol. The topological polar surface area (TPSA) is 68.0 Å². The summed E-state index contributed by atoms with van der Waals surface area (Å²) in [6.07, 6.45) is 1.61. The van der Waals surface area contributed by atoms with Gasteiger partial charge in [-0.2, -0.15) is 0 Å². The van der Waals surface area contributed by atoms with Crippen molar-refractivity contribution in [2.75, 3.05) is 19.0 Å². The SMILES string of the molecule is CN(C)c1ccc(/C=N\OCc2cccc([N+](=O)[O-])c2)cc1. The Morgan fingerprint density at radius 2 is 1.95 bits per heavy atom. The molecular formula is C16H17N3O3. The van der Waals surface area contributed by atoms with Crippen LogP contribution in [0.3, 0.4) is 0 Å². The summed E-state index contributed by atoms with van der Waals surface area (Å²) in [6.45, 7) is 0.188. The summed E-state index contributed by atoms with van der Waals surface area (Å²) in [6, 6.07) is 14.2. The number of hydrogen-bond acceptors (Lipinski definition) is 5. The molecule has 0 amide bonds. The zero-order valence-corrected chi connectivity index (χ0v) is 12.5. The largest absolute Gasteiger partial charge is 0.391 e. The third-order valence-electron chi connectivity index (χ3n) is 3.04. The van der Waals surface area contributed by atoms with Crippen molar-refractivity contribution < 1.29 is 9.76 Å².